The standard InChI is InChI=1S/C13H20Cl2N2O3Si/c1-4-21(5-2,6-3)20-13(17(18)19)7-10-11(14)8-16-9-12(10)15/h8-9,13H,4-7H2,1-3H3. The number of rotatable bonds is 8. The third-order valence-corrected chi connectivity index (χ3v) is 9.17. The van der Waals surface area contributed by atoms with Crippen LogP contribution < -0.4 is 0 Å². The Balaban J connectivity index is 3.01. The maximum atomic E-state index is 11.4. The molecule has 1 heterocycles. The molecule has 0 bridgehead atoms. The molecule has 0 fully saturated rings. The van der Waals surface area contributed by atoms with Crippen LogP contribution in [0.15, 0.2) is 12.4 Å². The fraction of sp³-hybridized carbons (Fsp3) is 0.615. The second-order valence-electron chi connectivity index (χ2n) is 4.89. The number of pyridine rings is 1. The Morgan fingerprint density at radius 2 is 1.71 bits per heavy atom. The van der Waals surface area contributed by atoms with Gasteiger partial charge in [-0.1, -0.05) is 44.0 Å². The van der Waals surface area contributed by atoms with Crippen molar-refractivity contribution in [3.8, 4) is 0 Å². The summed E-state index contributed by atoms with van der Waals surface area (Å²) in [6.07, 6.45) is 1.81. The van der Waals surface area contributed by atoms with Gasteiger partial charge in [0.1, 0.15) is 0 Å². The highest BCUT2D eigenvalue weighted by atomic mass is 35.5. The lowest BCUT2D eigenvalue weighted by atomic mass is 10.2. The highest BCUT2D eigenvalue weighted by molar-refractivity contribution is 6.73. The van der Waals surface area contributed by atoms with Crippen LogP contribution in [-0.4, -0.2) is 24.5 Å². The quantitative estimate of drug-likeness (QED) is 0.298. The predicted octanol–water partition coefficient (Wildman–Crippen LogP) is 4.56. The van der Waals surface area contributed by atoms with Crippen LogP contribution >= 0.6 is 23.2 Å². The van der Waals surface area contributed by atoms with Crippen LogP contribution in [0.25, 0.3) is 0 Å². The first-order valence-corrected chi connectivity index (χ1v) is 10.3. The van der Waals surface area contributed by atoms with E-state index in [2.05, 4.69) is 4.98 Å². The summed E-state index contributed by atoms with van der Waals surface area (Å²) in [4.78, 5) is 14.8. The van der Waals surface area contributed by atoms with Gasteiger partial charge in [0.25, 0.3) is 0 Å². The lowest BCUT2D eigenvalue weighted by Gasteiger charge is -2.29. The van der Waals surface area contributed by atoms with Gasteiger partial charge in [-0.05, 0) is 18.1 Å². The minimum absolute atomic E-state index is 0.0575. The molecule has 1 unspecified atom stereocenters. The van der Waals surface area contributed by atoms with Crippen LogP contribution in [0, 0.1) is 10.1 Å². The molecule has 5 nitrogen and oxygen atoms in total. The summed E-state index contributed by atoms with van der Waals surface area (Å²) in [5.41, 5.74) is 0.515. The number of aromatic nitrogens is 1. The van der Waals surface area contributed by atoms with Gasteiger partial charge in [0.2, 0.25) is 8.32 Å². The van der Waals surface area contributed by atoms with E-state index in [1.54, 1.807) is 0 Å². The molecule has 1 rings (SSSR count). The average Bonchev–Trinajstić information content (AvgIpc) is 2.46. The Kier molecular flexibility index (Phi) is 7.06. The molecule has 118 valence electrons. The van der Waals surface area contributed by atoms with Crippen molar-refractivity contribution < 1.29 is 9.35 Å². The predicted molar refractivity (Wildman–Crippen MR) is 87.0 cm³/mol. The van der Waals surface area contributed by atoms with Gasteiger partial charge in [0.15, 0.2) is 0 Å². The number of nitrogens with zero attached hydrogens (tertiary/aromatic N) is 2. The van der Waals surface area contributed by atoms with Crippen molar-refractivity contribution in [2.24, 2.45) is 0 Å². The second kappa shape index (κ2) is 8.08. The summed E-state index contributed by atoms with van der Waals surface area (Å²) in [5, 5.41) is 12.0. The average molecular weight is 351 g/mol. The zero-order valence-electron chi connectivity index (χ0n) is 12.4. The van der Waals surface area contributed by atoms with E-state index in [-0.39, 0.29) is 6.42 Å². The van der Waals surface area contributed by atoms with Crippen molar-refractivity contribution in [1.29, 1.82) is 0 Å². The van der Waals surface area contributed by atoms with Crippen molar-refractivity contribution in [3.05, 3.63) is 38.1 Å². The van der Waals surface area contributed by atoms with E-state index in [0.717, 1.165) is 18.1 Å². The van der Waals surface area contributed by atoms with E-state index >= 15 is 0 Å². The number of nitro groups is 1. The molecule has 0 aliphatic carbocycles. The molecular weight excluding hydrogens is 331 g/mol. The van der Waals surface area contributed by atoms with Crippen LogP contribution in [-0.2, 0) is 10.8 Å². The number of hydrogen-bond donors (Lipinski definition) is 0. The van der Waals surface area contributed by atoms with Crippen molar-refractivity contribution in [3.63, 3.8) is 0 Å². The van der Waals surface area contributed by atoms with Crippen LogP contribution in [0.2, 0.25) is 28.2 Å². The second-order valence-corrected chi connectivity index (χ2v) is 10.4. The first kappa shape index (κ1) is 18.4. The largest absolute Gasteiger partial charge is 0.359 e. The van der Waals surface area contributed by atoms with E-state index in [1.165, 1.54) is 12.4 Å². The molecule has 0 spiro atoms. The summed E-state index contributed by atoms with van der Waals surface area (Å²) in [7, 11) is -2.08. The van der Waals surface area contributed by atoms with Crippen molar-refractivity contribution in [2.45, 2.75) is 51.6 Å². The van der Waals surface area contributed by atoms with Crippen molar-refractivity contribution in [2.75, 3.05) is 0 Å². The Hall–Kier alpha value is -0.693. The molecule has 21 heavy (non-hydrogen) atoms. The fourth-order valence-electron chi connectivity index (χ4n) is 2.26. The smallest absolute Gasteiger partial charge is 0.310 e. The Labute approximate surface area is 135 Å². The first-order chi connectivity index (χ1) is 9.89. The molecule has 0 radical (unpaired) electrons. The molecule has 1 aromatic heterocycles. The number of hydrogen-bond acceptors (Lipinski definition) is 4. The minimum Gasteiger partial charge on any atom is -0.359 e. The third-order valence-electron chi connectivity index (χ3n) is 3.89. The molecular formula is C13H20Cl2N2O3Si. The lowest BCUT2D eigenvalue weighted by Crippen LogP contribution is -2.43. The Morgan fingerprint density at radius 3 is 2.10 bits per heavy atom. The SMILES string of the molecule is CC[Si](CC)(CC)OC(Cc1c(Cl)cncc1Cl)[N+](=O)[O-]. The van der Waals surface area contributed by atoms with Crippen LogP contribution in [0.3, 0.4) is 0 Å². The summed E-state index contributed by atoms with van der Waals surface area (Å²) < 4.78 is 5.96. The van der Waals surface area contributed by atoms with E-state index in [9.17, 15) is 10.1 Å². The zero-order chi connectivity index (χ0) is 16.0. The van der Waals surface area contributed by atoms with Gasteiger partial charge in [-0.2, -0.15) is 0 Å². The summed E-state index contributed by atoms with van der Waals surface area (Å²) in [6.45, 7) is 6.09. The molecule has 0 amide bonds. The lowest BCUT2D eigenvalue weighted by molar-refractivity contribution is -0.564. The summed E-state index contributed by atoms with van der Waals surface area (Å²) >= 11 is 12.1. The van der Waals surface area contributed by atoms with Crippen LogP contribution in [0.5, 0.6) is 0 Å². The monoisotopic (exact) mass is 350 g/mol. The molecule has 8 heteroatoms. The van der Waals surface area contributed by atoms with Gasteiger partial charge in [-0.25, -0.2) is 0 Å². The molecule has 0 aromatic carbocycles. The Bertz CT molecular complexity index is 470. The normalized spacial score (nSPS) is 13.2. The highest BCUT2D eigenvalue weighted by Gasteiger charge is 2.37. The Morgan fingerprint density at radius 1 is 1.24 bits per heavy atom. The van der Waals surface area contributed by atoms with Crippen molar-refractivity contribution in [1.82, 2.24) is 4.98 Å². The first-order valence-electron chi connectivity index (χ1n) is 6.98. The third kappa shape index (κ3) is 4.64. The van der Waals surface area contributed by atoms with E-state index in [1.807, 2.05) is 20.8 Å². The minimum atomic E-state index is -2.08. The van der Waals surface area contributed by atoms with Gasteiger partial charge in [0.05, 0.1) is 21.4 Å². The summed E-state index contributed by atoms with van der Waals surface area (Å²) in [6, 6.07) is 2.55. The highest BCUT2D eigenvalue weighted by Crippen LogP contribution is 2.28. The van der Waals surface area contributed by atoms with E-state index in [4.69, 9.17) is 27.6 Å². The maximum absolute atomic E-state index is 11.4. The molecule has 1 aromatic rings. The van der Waals surface area contributed by atoms with Gasteiger partial charge in [-0.15, -0.1) is 0 Å². The zero-order valence-corrected chi connectivity index (χ0v) is 14.9. The maximum Gasteiger partial charge on any atom is 0.310 e. The van der Waals surface area contributed by atoms with E-state index in [0.29, 0.717) is 15.6 Å². The van der Waals surface area contributed by atoms with Crippen LogP contribution in [0.4, 0.5) is 0 Å². The number of halogens is 2. The van der Waals surface area contributed by atoms with Crippen LogP contribution in [0.1, 0.15) is 26.3 Å². The summed E-state index contributed by atoms with van der Waals surface area (Å²) in [5.74, 6) is 0. The van der Waals surface area contributed by atoms with Gasteiger partial charge in [-0.3, -0.25) is 15.1 Å². The van der Waals surface area contributed by atoms with Gasteiger partial charge in [0, 0.05) is 18.0 Å². The van der Waals surface area contributed by atoms with Gasteiger partial charge >= 0.3 is 6.23 Å². The van der Waals surface area contributed by atoms with Gasteiger partial charge < -0.3 is 4.43 Å². The van der Waals surface area contributed by atoms with E-state index < -0.39 is 19.5 Å². The molecule has 0 saturated heterocycles. The fourth-order valence-corrected chi connectivity index (χ4v) is 5.52. The molecule has 0 aliphatic rings. The van der Waals surface area contributed by atoms with Crippen molar-refractivity contribution >= 4 is 31.5 Å². The molecule has 1 atom stereocenters. The molecule has 0 aliphatic heterocycles. The topological polar surface area (TPSA) is 65.3 Å². The molecule has 0 saturated carbocycles. The molecule has 0 N–H and O–H groups in total.